The summed E-state index contributed by atoms with van der Waals surface area (Å²) in [5, 5.41) is 5.39. The van der Waals surface area contributed by atoms with Crippen LogP contribution in [0.4, 0.5) is 0 Å². The number of hydrogen-bond acceptors (Lipinski definition) is 3. The first-order chi connectivity index (χ1) is 13.2. The van der Waals surface area contributed by atoms with Crippen molar-refractivity contribution >= 4 is 16.7 Å². The minimum atomic E-state index is -0.0459. The Morgan fingerprint density at radius 1 is 1.11 bits per heavy atom. The summed E-state index contributed by atoms with van der Waals surface area (Å²) >= 11 is 0. The topological polar surface area (TPSA) is 51.2 Å². The van der Waals surface area contributed by atoms with E-state index in [1.54, 1.807) is 6.92 Å². The number of pyridine rings is 1. The largest absolute Gasteiger partial charge is 0.370 e. The van der Waals surface area contributed by atoms with Gasteiger partial charge in [-0.05, 0) is 41.8 Å². The molecule has 2 heterocycles. The highest BCUT2D eigenvalue weighted by molar-refractivity contribution is 5.85. The van der Waals surface area contributed by atoms with Crippen molar-refractivity contribution in [3.63, 3.8) is 0 Å². The Bertz CT molecular complexity index is 921. The molecule has 1 saturated heterocycles. The molecule has 4 heteroatoms. The van der Waals surface area contributed by atoms with Gasteiger partial charge in [0.1, 0.15) is 0 Å². The van der Waals surface area contributed by atoms with Crippen LogP contribution in [0.25, 0.3) is 10.8 Å². The Kier molecular flexibility index (Phi) is 5.16. The molecular formula is C23H24N2O2. The van der Waals surface area contributed by atoms with Crippen LogP contribution in [-0.4, -0.2) is 23.0 Å². The number of nitrogens with one attached hydrogen (secondary N) is 1. The smallest absolute Gasteiger partial charge is 0.217 e. The van der Waals surface area contributed by atoms with Crippen molar-refractivity contribution in [3.8, 4) is 0 Å². The van der Waals surface area contributed by atoms with Crippen LogP contribution in [0.5, 0.6) is 0 Å². The zero-order valence-electron chi connectivity index (χ0n) is 15.5. The second-order valence-electron chi connectivity index (χ2n) is 7.25. The van der Waals surface area contributed by atoms with E-state index in [-0.39, 0.29) is 24.2 Å². The van der Waals surface area contributed by atoms with Gasteiger partial charge in [0.15, 0.2) is 0 Å². The molecule has 0 spiro atoms. The molecule has 4 rings (SSSR count). The lowest BCUT2D eigenvalue weighted by Crippen LogP contribution is -2.42. The average molecular weight is 360 g/mol. The summed E-state index contributed by atoms with van der Waals surface area (Å²) in [5.74, 6) is 0.0150. The molecule has 3 aromatic rings. The number of aromatic nitrogens is 1. The lowest BCUT2D eigenvalue weighted by Gasteiger charge is -2.36. The standard InChI is InChI=1S/C23H24N2O2/c1-16(26)25-19-13-20(12-17-6-3-2-4-7-17)27-23(14-19)22-9-5-8-18-15-24-11-10-21(18)22/h2-11,15,19-20,23H,12-14H2,1H3,(H,25,26)/t19-,20+,23+/m0/s1. The zero-order valence-corrected chi connectivity index (χ0v) is 15.5. The van der Waals surface area contributed by atoms with Crippen LogP contribution in [0.3, 0.4) is 0 Å². The average Bonchev–Trinajstić information content (AvgIpc) is 2.67. The molecule has 1 aromatic heterocycles. The van der Waals surface area contributed by atoms with Gasteiger partial charge in [0, 0.05) is 30.7 Å². The number of hydrogen-bond donors (Lipinski definition) is 1. The normalized spacial score (nSPS) is 22.5. The van der Waals surface area contributed by atoms with Crippen molar-refractivity contribution in [1.82, 2.24) is 10.3 Å². The molecule has 3 atom stereocenters. The number of carbonyl (C=O) groups is 1. The van der Waals surface area contributed by atoms with Crippen molar-refractivity contribution in [2.24, 2.45) is 0 Å². The van der Waals surface area contributed by atoms with Crippen LogP contribution in [0, 0.1) is 0 Å². The Hall–Kier alpha value is -2.72. The van der Waals surface area contributed by atoms with Crippen LogP contribution >= 0.6 is 0 Å². The molecule has 0 saturated carbocycles. The third-order valence-corrected chi connectivity index (χ3v) is 5.18. The highest BCUT2D eigenvalue weighted by Gasteiger charge is 2.31. The number of ether oxygens (including phenoxy) is 1. The van der Waals surface area contributed by atoms with E-state index in [9.17, 15) is 4.79 Å². The number of rotatable bonds is 4. The lowest BCUT2D eigenvalue weighted by atomic mass is 9.90. The SMILES string of the molecule is CC(=O)N[C@H]1C[C@@H](Cc2ccccc2)O[C@@H](c2cccc3cnccc23)C1. The molecule has 0 aliphatic carbocycles. The molecule has 0 radical (unpaired) electrons. The Labute approximate surface area is 159 Å². The number of carbonyl (C=O) groups excluding carboxylic acids is 1. The number of amides is 1. The van der Waals surface area contributed by atoms with Crippen molar-refractivity contribution in [2.45, 2.75) is 44.4 Å². The number of nitrogens with zero attached hydrogens (tertiary/aromatic N) is 1. The van der Waals surface area contributed by atoms with E-state index in [4.69, 9.17) is 4.74 Å². The second-order valence-corrected chi connectivity index (χ2v) is 7.25. The Morgan fingerprint density at radius 3 is 2.78 bits per heavy atom. The molecule has 138 valence electrons. The fourth-order valence-electron chi connectivity index (χ4n) is 4.06. The van der Waals surface area contributed by atoms with Gasteiger partial charge in [0.2, 0.25) is 5.91 Å². The summed E-state index contributed by atoms with van der Waals surface area (Å²) in [5.41, 5.74) is 2.43. The van der Waals surface area contributed by atoms with Gasteiger partial charge in [0.05, 0.1) is 12.2 Å². The quantitative estimate of drug-likeness (QED) is 0.758. The van der Waals surface area contributed by atoms with Gasteiger partial charge in [-0.3, -0.25) is 9.78 Å². The molecular weight excluding hydrogens is 336 g/mol. The summed E-state index contributed by atoms with van der Waals surface area (Å²) in [7, 11) is 0. The highest BCUT2D eigenvalue weighted by Crippen LogP contribution is 2.36. The molecule has 1 fully saturated rings. The van der Waals surface area contributed by atoms with Gasteiger partial charge in [-0.15, -0.1) is 0 Å². The lowest BCUT2D eigenvalue weighted by molar-refractivity contribution is -0.122. The third kappa shape index (κ3) is 4.17. The minimum absolute atomic E-state index is 0.0150. The number of benzene rings is 2. The van der Waals surface area contributed by atoms with Gasteiger partial charge >= 0.3 is 0 Å². The summed E-state index contributed by atoms with van der Waals surface area (Å²) in [6.45, 7) is 1.58. The zero-order chi connectivity index (χ0) is 18.6. The molecule has 0 bridgehead atoms. The predicted molar refractivity (Wildman–Crippen MR) is 106 cm³/mol. The Balaban J connectivity index is 1.63. The molecule has 27 heavy (non-hydrogen) atoms. The molecule has 1 amide bonds. The maximum absolute atomic E-state index is 11.7. The van der Waals surface area contributed by atoms with E-state index in [1.165, 1.54) is 16.5 Å². The fourth-order valence-corrected chi connectivity index (χ4v) is 4.06. The fraction of sp³-hybridized carbons (Fsp3) is 0.304. The first-order valence-electron chi connectivity index (χ1n) is 9.48. The maximum atomic E-state index is 11.7. The van der Waals surface area contributed by atoms with E-state index in [2.05, 4.69) is 52.8 Å². The van der Waals surface area contributed by atoms with E-state index >= 15 is 0 Å². The maximum Gasteiger partial charge on any atom is 0.217 e. The minimum Gasteiger partial charge on any atom is -0.370 e. The monoisotopic (exact) mass is 360 g/mol. The summed E-state index contributed by atoms with van der Waals surface area (Å²) in [6, 6.07) is 18.8. The molecule has 1 N–H and O–H groups in total. The van der Waals surface area contributed by atoms with Crippen LogP contribution in [-0.2, 0) is 16.0 Å². The van der Waals surface area contributed by atoms with Crippen molar-refractivity contribution in [2.75, 3.05) is 0 Å². The first kappa shape index (κ1) is 17.7. The summed E-state index contributed by atoms with van der Waals surface area (Å²) in [4.78, 5) is 15.9. The van der Waals surface area contributed by atoms with Crippen molar-refractivity contribution in [3.05, 3.63) is 78.1 Å². The predicted octanol–water partition coefficient (Wildman–Crippen LogP) is 4.20. The van der Waals surface area contributed by atoms with Gasteiger partial charge in [-0.2, -0.15) is 0 Å². The second kappa shape index (κ2) is 7.89. The van der Waals surface area contributed by atoms with Crippen molar-refractivity contribution < 1.29 is 9.53 Å². The third-order valence-electron chi connectivity index (χ3n) is 5.18. The molecule has 0 unspecified atom stereocenters. The summed E-state index contributed by atoms with van der Waals surface area (Å²) in [6.07, 6.45) is 6.19. The van der Waals surface area contributed by atoms with Gasteiger partial charge in [0.25, 0.3) is 0 Å². The van der Waals surface area contributed by atoms with Crippen LogP contribution in [0.15, 0.2) is 67.0 Å². The number of fused-ring (bicyclic) bond motifs is 1. The highest BCUT2D eigenvalue weighted by atomic mass is 16.5. The molecule has 1 aliphatic heterocycles. The summed E-state index contributed by atoms with van der Waals surface area (Å²) < 4.78 is 6.52. The molecule has 2 aromatic carbocycles. The van der Waals surface area contributed by atoms with Gasteiger partial charge in [-0.25, -0.2) is 0 Å². The van der Waals surface area contributed by atoms with E-state index in [0.29, 0.717) is 0 Å². The van der Waals surface area contributed by atoms with Crippen LogP contribution in [0.2, 0.25) is 0 Å². The molecule has 1 aliphatic rings. The first-order valence-corrected chi connectivity index (χ1v) is 9.48. The van der Waals surface area contributed by atoms with E-state index < -0.39 is 0 Å². The van der Waals surface area contributed by atoms with Crippen LogP contribution < -0.4 is 5.32 Å². The van der Waals surface area contributed by atoms with Crippen molar-refractivity contribution in [1.29, 1.82) is 0 Å². The van der Waals surface area contributed by atoms with Gasteiger partial charge < -0.3 is 10.1 Å². The van der Waals surface area contributed by atoms with E-state index in [0.717, 1.165) is 24.6 Å². The van der Waals surface area contributed by atoms with Crippen LogP contribution in [0.1, 0.15) is 37.0 Å². The Morgan fingerprint density at radius 2 is 1.96 bits per heavy atom. The van der Waals surface area contributed by atoms with Gasteiger partial charge in [-0.1, -0.05) is 48.5 Å². The molecule has 4 nitrogen and oxygen atoms in total. The van der Waals surface area contributed by atoms with E-state index in [1.807, 2.05) is 24.5 Å².